The van der Waals surface area contributed by atoms with Crippen LogP contribution < -0.4 is 4.90 Å². The molecule has 0 unspecified atom stereocenters. The van der Waals surface area contributed by atoms with Crippen LogP contribution in [-0.4, -0.2) is 30.3 Å². The molecule has 174 valence electrons. The highest BCUT2D eigenvalue weighted by Gasteiger charge is 2.45. The maximum Gasteiger partial charge on any atom is 0.673 e. The summed E-state index contributed by atoms with van der Waals surface area (Å²) in [6.45, 7) is 9.22. The Morgan fingerprint density at radius 2 is 1.34 bits per heavy atom. The Balaban J connectivity index is 0.000000523. The lowest BCUT2D eigenvalue weighted by Gasteiger charge is -2.28. The van der Waals surface area contributed by atoms with Crippen LogP contribution in [0.1, 0.15) is 76.3 Å². The van der Waals surface area contributed by atoms with Crippen LogP contribution in [0.25, 0.3) is 0 Å². The fourth-order valence-electron chi connectivity index (χ4n) is 4.95. The fourth-order valence-corrected chi connectivity index (χ4v) is 4.95. The van der Waals surface area contributed by atoms with E-state index in [0.717, 1.165) is 0 Å². The lowest BCUT2D eigenvalue weighted by Crippen LogP contribution is -2.41. The maximum absolute atomic E-state index is 9.75. The number of rotatable bonds is 4. The highest BCUT2D eigenvalue weighted by Crippen LogP contribution is 2.39. The predicted molar refractivity (Wildman–Crippen MR) is 126 cm³/mol. The van der Waals surface area contributed by atoms with Gasteiger partial charge in [-0.15, -0.1) is 0 Å². The molecule has 2 atom stereocenters. The van der Waals surface area contributed by atoms with Crippen molar-refractivity contribution in [2.24, 2.45) is 0 Å². The number of benzene rings is 2. The standard InChI is InChI=1S/C25H33N2.BF4/c1-18(2)20-11-5-7-13-22(20)26-17-27(25-16-10-9-15-24(25)26)23-14-8-6-12-21(23)19(3)4;2-1(3,4)5/h5-8,11-14,17-19,24-25H,9-10,15-16H2,1-4H3;/q+1;-1/t24-,25-;/m1./s1. The van der Waals surface area contributed by atoms with Crippen molar-refractivity contribution in [3.05, 3.63) is 59.7 Å². The lowest BCUT2D eigenvalue weighted by atomic mass is 9.88. The third kappa shape index (κ3) is 5.73. The van der Waals surface area contributed by atoms with E-state index in [4.69, 9.17) is 0 Å². The highest BCUT2D eigenvalue weighted by molar-refractivity contribution is 6.50. The second-order valence-electron chi connectivity index (χ2n) is 9.27. The molecule has 1 fully saturated rings. The van der Waals surface area contributed by atoms with Gasteiger partial charge in [-0.25, -0.2) is 9.48 Å². The van der Waals surface area contributed by atoms with Gasteiger partial charge in [-0.3, -0.25) is 0 Å². The van der Waals surface area contributed by atoms with Crippen LogP contribution in [0.2, 0.25) is 0 Å². The average Bonchev–Trinajstić information content (AvgIpc) is 3.12. The first kappa shape index (κ1) is 24.3. The number of hydrogen-bond donors (Lipinski definition) is 0. The van der Waals surface area contributed by atoms with Crippen LogP contribution >= 0.6 is 0 Å². The Hall–Kier alpha value is -2.31. The van der Waals surface area contributed by atoms with Gasteiger partial charge >= 0.3 is 7.25 Å². The van der Waals surface area contributed by atoms with Crippen molar-refractivity contribution in [1.82, 2.24) is 0 Å². The quantitative estimate of drug-likeness (QED) is 0.264. The van der Waals surface area contributed by atoms with Gasteiger partial charge in [0.25, 0.3) is 0 Å². The first-order valence-electron chi connectivity index (χ1n) is 11.5. The summed E-state index contributed by atoms with van der Waals surface area (Å²) in [5.74, 6) is 1.07. The smallest absolute Gasteiger partial charge is 0.418 e. The highest BCUT2D eigenvalue weighted by atomic mass is 19.5. The van der Waals surface area contributed by atoms with E-state index in [9.17, 15) is 17.3 Å². The molecule has 1 aliphatic carbocycles. The Labute approximate surface area is 189 Å². The summed E-state index contributed by atoms with van der Waals surface area (Å²) in [6.07, 6.45) is 7.68. The molecule has 2 aliphatic rings. The van der Waals surface area contributed by atoms with Crippen LogP contribution in [0.3, 0.4) is 0 Å². The normalized spacial score (nSPS) is 20.7. The van der Waals surface area contributed by atoms with E-state index in [1.54, 1.807) is 0 Å². The molecule has 1 aliphatic heterocycles. The van der Waals surface area contributed by atoms with Crippen LogP contribution in [0.15, 0.2) is 48.5 Å². The van der Waals surface area contributed by atoms with Gasteiger partial charge in [-0.05, 0) is 49.7 Å². The summed E-state index contributed by atoms with van der Waals surface area (Å²) in [7, 11) is -6.00. The Kier molecular flexibility index (Phi) is 7.68. The summed E-state index contributed by atoms with van der Waals surface area (Å²) in [4.78, 5) is 2.59. The second kappa shape index (κ2) is 10.1. The topological polar surface area (TPSA) is 6.25 Å². The fraction of sp³-hybridized carbons (Fsp3) is 0.480. The van der Waals surface area contributed by atoms with Gasteiger partial charge in [0.2, 0.25) is 6.34 Å². The molecule has 2 aromatic rings. The number of para-hydroxylation sites is 2. The summed E-state index contributed by atoms with van der Waals surface area (Å²) in [6, 6.07) is 19.1. The van der Waals surface area contributed by atoms with Crippen LogP contribution in [0, 0.1) is 0 Å². The Bertz CT molecular complexity index is 934. The van der Waals surface area contributed by atoms with Gasteiger partial charge in [-0.1, -0.05) is 64.1 Å². The molecule has 4 rings (SSSR count). The number of nitrogens with zero attached hydrogens (tertiary/aromatic N) is 2. The molecule has 0 spiro atoms. The molecule has 0 radical (unpaired) electrons. The zero-order valence-electron chi connectivity index (χ0n) is 19.3. The molecular formula is C25H33BF4N2. The molecular weight excluding hydrogens is 415 g/mol. The minimum Gasteiger partial charge on any atom is -0.418 e. The van der Waals surface area contributed by atoms with E-state index >= 15 is 0 Å². The van der Waals surface area contributed by atoms with Crippen molar-refractivity contribution in [3.8, 4) is 0 Å². The maximum atomic E-state index is 9.75. The van der Waals surface area contributed by atoms with Crippen molar-refractivity contribution in [3.63, 3.8) is 0 Å². The van der Waals surface area contributed by atoms with Crippen molar-refractivity contribution in [1.29, 1.82) is 0 Å². The first-order chi connectivity index (χ1) is 15.1. The summed E-state index contributed by atoms with van der Waals surface area (Å²) in [5.41, 5.74) is 5.71. The van der Waals surface area contributed by atoms with Gasteiger partial charge in [0, 0.05) is 11.1 Å². The molecule has 0 saturated heterocycles. The van der Waals surface area contributed by atoms with E-state index in [-0.39, 0.29) is 0 Å². The van der Waals surface area contributed by atoms with Crippen molar-refractivity contribution < 1.29 is 21.8 Å². The molecule has 0 bridgehead atoms. The molecule has 1 saturated carbocycles. The summed E-state index contributed by atoms with van der Waals surface area (Å²) in [5, 5.41) is 0. The molecule has 0 N–H and O–H groups in total. The molecule has 2 aromatic carbocycles. The van der Waals surface area contributed by atoms with Crippen molar-refractivity contribution >= 4 is 25.0 Å². The zero-order chi connectivity index (χ0) is 23.5. The first-order valence-corrected chi connectivity index (χ1v) is 11.5. The second-order valence-corrected chi connectivity index (χ2v) is 9.27. The third-order valence-corrected chi connectivity index (χ3v) is 6.33. The van der Waals surface area contributed by atoms with Crippen molar-refractivity contribution in [2.45, 2.75) is 77.3 Å². The predicted octanol–water partition coefficient (Wildman–Crippen LogP) is 7.74. The number of anilines is 1. The SMILES string of the molecule is CC(C)c1ccccc1N1C=[N+](c2ccccc2C(C)C)[C@@H]2CCCC[C@H]21.F[B-](F)(F)F. The zero-order valence-corrected chi connectivity index (χ0v) is 19.3. The van der Waals surface area contributed by atoms with Gasteiger partial charge < -0.3 is 17.3 Å². The van der Waals surface area contributed by atoms with E-state index in [2.05, 4.69) is 92.0 Å². The van der Waals surface area contributed by atoms with Crippen molar-refractivity contribution in [2.75, 3.05) is 4.90 Å². The van der Waals surface area contributed by atoms with E-state index in [1.807, 2.05) is 0 Å². The third-order valence-electron chi connectivity index (χ3n) is 6.33. The monoisotopic (exact) mass is 448 g/mol. The van der Waals surface area contributed by atoms with Crippen LogP contribution in [-0.2, 0) is 0 Å². The van der Waals surface area contributed by atoms with E-state index in [1.165, 1.54) is 48.2 Å². The molecule has 1 heterocycles. The van der Waals surface area contributed by atoms with E-state index < -0.39 is 7.25 Å². The van der Waals surface area contributed by atoms with Gasteiger partial charge in [0.1, 0.15) is 23.5 Å². The molecule has 7 heteroatoms. The van der Waals surface area contributed by atoms with Crippen LogP contribution in [0.5, 0.6) is 0 Å². The summed E-state index contributed by atoms with van der Waals surface area (Å²) >= 11 is 0. The Morgan fingerprint density at radius 3 is 1.97 bits per heavy atom. The molecule has 32 heavy (non-hydrogen) atoms. The number of fused-ring (bicyclic) bond motifs is 1. The molecule has 0 amide bonds. The van der Waals surface area contributed by atoms with Gasteiger partial charge in [-0.2, -0.15) is 0 Å². The Morgan fingerprint density at radius 1 is 0.812 bits per heavy atom. The molecule has 2 nitrogen and oxygen atoms in total. The summed E-state index contributed by atoms with van der Waals surface area (Å²) < 4.78 is 41.6. The lowest BCUT2D eigenvalue weighted by molar-refractivity contribution is -0.477. The van der Waals surface area contributed by atoms with E-state index in [0.29, 0.717) is 23.9 Å². The largest absolute Gasteiger partial charge is 0.673 e. The minimum absolute atomic E-state index is 0.536. The van der Waals surface area contributed by atoms with Gasteiger partial charge in [0.05, 0.1) is 0 Å². The number of halogens is 4. The van der Waals surface area contributed by atoms with Crippen LogP contribution in [0.4, 0.5) is 28.6 Å². The van der Waals surface area contributed by atoms with Gasteiger partial charge in [0.15, 0.2) is 0 Å². The minimum atomic E-state index is -6.00. The molecule has 0 aromatic heterocycles. The number of hydrogen-bond acceptors (Lipinski definition) is 1. The average molecular weight is 448 g/mol.